The van der Waals surface area contributed by atoms with Crippen molar-refractivity contribution in [1.82, 2.24) is 9.97 Å². The van der Waals surface area contributed by atoms with Crippen molar-refractivity contribution < 1.29 is 23.0 Å². The van der Waals surface area contributed by atoms with Gasteiger partial charge in [0.25, 0.3) is 0 Å². The van der Waals surface area contributed by atoms with Gasteiger partial charge in [-0.15, -0.1) is 0 Å². The van der Waals surface area contributed by atoms with Gasteiger partial charge < -0.3 is 20.1 Å². The molecule has 0 aliphatic heterocycles. The highest BCUT2D eigenvalue weighted by Crippen LogP contribution is 2.28. The number of amides is 2. The van der Waals surface area contributed by atoms with E-state index in [1.807, 2.05) is 6.92 Å². The Labute approximate surface area is 184 Å². The molecule has 0 saturated heterocycles. The van der Waals surface area contributed by atoms with Crippen LogP contribution >= 0.6 is 0 Å². The van der Waals surface area contributed by atoms with Crippen molar-refractivity contribution >= 4 is 29.2 Å². The Kier molecular flexibility index (Phi) is 7.50. The number of carbonyl (C=O) groups excluding carboxylic acids is 1. The number of urea groups is 1. The van der Waals surface area contributed by atoms with Crippen LogP contribution in [-0.4, -0.2) is 42.9 Å². The molecule has 0 saturated carbocycles. The summed E-state index contributed by atoms with van der Waals surface area (Å²) in [5, 5.41) is 5.47. The second-order valence-electron chi connectivity index (χ2n) is 6.80. The lowest BCUT2D eigenvalue weighted by Crippen LogP contribution is -2.32. The first-order valence-corrected chi connectivity index (χ1v) is 9.70. The van der Waals surface area contributed by atoms with E-state index in [4.69, 9.17) is 9.47 Å². The summed E-state index contributed by atoms with van der Waals surface area (Å²) in [7, 11) is 3.10. The van der Waals surface area contributed by atoms with Crippen molar-refractivity contribution in [2.24, 2.45) is 0 Å². The van der Waals surface area contributed by atoms with E-state index >= 15 is 0 Å². The van der Waals surface area contributed by atoms with Crippen LogP contribution in [0.2, 0.25) is 0 Å². The van der Waals surface area contributed by atoms with Gasteiger partial charge in [0.05, 0.1) is 25.1 Å². The Hall–Kier alpha value is -3.79. The molecule has 1 heterocycles. The van der Waals surface area contributed by atoms with E-state index in [-0.39, 0.29) is 23.5 Å². The fourth-order valence-corrected chi connectivity index (χ4v) is 2.91. The van der Waals surface area contributed by atoms with Gasteiger partial charge in [0.1, 0.15) is 11.6 Å². The SMILES string of the molecule is COC[C@H](C)Nc1nccc(N(C(=O)Nc2cccc(F)c2F)c2ccc(OC)cc2)n1. The molecule has 32 heavy (non-hydrogen) atoms. The minimum Gasteiger partial charge on any atom is -0.497 e. The predicted octanol–water partition coefficient (Wildman–Crippen LogP) is 4.58. The number of methoxy groups -OCH3 is 2. The monoisotopic (exact) mass is 443 g/mol. The molecule has 3 aromatic rings. The zero-order chi connectivity index (χ0) is 23.1. The summed E-state index contributed by atoms with van der Waals surface area (Å²) >= 11 is 0. The highest BCUT2D eigenvalue weighted by Gasteiger charge is 2.22. The molecular weight excluding hydrogens is 420 g/mol. The van der Waals surface area contributed by atoms with Gasteiger partial charge in [0.2, 0.25) is 5.95 Å². The maximum atomic E-state index is 14.1. The number of hydrogen-bond acceptors (Lipinski definition) is 6. The average molecular weight is 443 g/mol. The molecule has 0 bridgehead atoms. The van der Waals surface area contributed by atoms with Crippen molar-refractivity contribution in [3.05, 3.63) is 66.4 Å². The third-order valence-electron chi connectivity index (χ3n) is 4.39. The molecule has 168 valence electrons. The summed E-state index contributed by atoms with van der Waals surface area (Å²) in [4.78, 5) is 23.0. The molecule has 0 fully saturated rings. The fraction of sp³-hybridized carbons (Fsp3) is 0.227. The smallest absolute Gasteiger partial charge is 0.332 e. The lowest BCUT2D eigenvalue weighted by molar-refractivity contribution is 0.190. The van der Waals surface area contributed by atoms with Gasteiger partial charge in [-0.2, -0.15) is 4.98 Å². The Morgan fingerprint density at radius 2 is 1.88 bits per heavy atom. The van der Waals surface area contributed by atoms with Gasteiger partial charge in [-0.05, 0) is 43.3 Å². The Morgan fingerprint density at radius 3 is 2.56 bits per heavy atom. The number of benzene rings is 2. The lowest BCUT2D eigenvalue weighted by Gasteiger charge is -2.23. The first-order valence-electron chi connectivity index (χ1n) is 9.70. The molecular formula is C22H23F2N5O3. The van der Waals surface area contributed by atoms with Gasteiger partial charge in [0, 0.05) is 25.4 Å². The van der Waals surface area contributed by atoms with Crippen LogP contribution in [-0.2, 0) is 4.74 Å². The topological polar surface area (TPSA) is 88.6 Å². The van der Waals surface area contributed by atoms with Gasteiger partial charge >= 0.3 is 6.03 Å². The number of rotatable bonds is 8. The molecule has 0 spiro atoms. The van der Waals surface area contributed by atoms with Gasteiger partial charge in [-0.3, -0.25) is 0 Å². The number of ether oxygens (including phenoxy) is 2. The van der Waals surface area contributed by atoms with Crippen molar-refractivity contribution in [3.8, 4) is 5.75 Å². The van der Waals surface area contributed by atoms with E-state index in [1.165, 1.54) is 36.4 Å². The van der Waals surface area contributed by atoms with Crippen LogP contribution in [0.3, 0.4) is 0 Å². The van der Waals surface area contributed by atoms with Crippen molar-refractivity contribution in [1.29, 1.82) is 0 Å². The quantitative estimate of drug-likeness (QED) is 0.530. The Morgan fingerprint density at radius 1 is 1.12 bits per heavy atom. The summed E-state index contributed by atoms with van der Waals surface area (Å²) in [6.45, 7) is 2.31. The number of halogens is 2. The van der Waals surface area contributed by atoms with E-state index < -0.39 is 17.7 Å². The van der Waals surface area contributed by atoms with Crippen molar-refractivity contribution in [2.75, 3.05) is 36.4 Å². The summed E-state index contributed by atoms with van der Waals surface area (Å²) in [5.41, 5.74) is 0.129. The molecule has 1 atom stereocenters. The maximum Gasteiger partial charge on any atom is 0.332 e. The zero-order valence-corrected chi connectivity index (χ0v) is 17.8. The van der Waals surface area contributed by atoms with Crippen LogP contribution < -0.4 is 20.3 Å². The van der Waals surface area contributed by atoms with Crippen LogP contribution in [0.5, 0.6) is 5.75 Å². The van der Waals surface area contributed by atoms with E-state index in [0.29, 0.717) is 18.0 Å². The number of anilines is 4. The van der Waals surface area contributed by atoms with Crippen LogP contribution in [0.4, 0.5) is 36.7 Å². The number of nitrogens with zero attached hydrogens (tertiary/aromatic N) is 3. The van der Waals surface area contributed by atoms with E-state index in [9.17, 15) is 13.6 Å². The Balaban J connectivity index is 1.97. The molecule has 0 aliphatic rings. The molecule has 8 nitrogen and oxygen atoms in total. The molecule has 2 N–H and O–H groups in total. The van der Waals surface area contributed by atoms with E-state index in [2.05, 4.69) is 20.6 Å². The molecule has 3 rings (SSSR count). The fourth-order valence-electron chi connectivity index (χ4n) is 2.91. The minimum atomic E-state index is -1.16. The third-order valence-corrected chi connectivity index (χ3v) is 4.39. The third kappa shape index (κ3) is 5.46. The lowest BCUT2D eigenvalue weighted by atomic mass is 10.2. The second kappa shape index (κ2) is 10.5. The van der Waals surface area contributed by atoms with Crippen molar-refractivity contribution in [2.45, 2.75) is 13.0 Å². The molecule has 2 aromatic carbocycles. The molecule has 0 aliphatic carbocycles. The standard InChI is InChI=1S/C22H23F2N5O3/c1-14(13-31-2)26-21-25-12-11-19(28-21)29(15-7-9-16(32-3)10-8-15)22(30)27-18-6-4-5-17(23)20(18)24/h4-12,14H,13H2,1-3H3,(H,27,30)(H,25,26,28)/t14-/m0/s1. The highest BCUT2D eigenvalue weighted by atomic mass is 19.2. The first-order chi connectivity index (χ1) is 15.4. The minimum absolute atomic E-state index is 0.0834. The number of aromatic nitrogens is 2. The highest BCUT2D eigenvalue weighted by molar-refractivity contribution is 6.06. The predicted molar refractivity (Wildman–Crippen MR) is 118 cm³/mol. The molecule has 10 heteroatoms. The van der Waals surface area contributed by atoms with Gasteiger partial charge in [-0.25, -0.2) is 23.5 Å². The molecule has 2 amide bonds. The largest absolute Gasteiger partial charge is 0.497 e. The van der Waals surface area contributed by atoms with Crippen LogP contribution in [0.25, 0.3) is 0 Å². The summed E-state index contributed by atoms with van der Waals surface area (Å²) in [5.74, 6) is -1.15. The van der Waals surface area contributed by atoms with Crippen LogP contribution in [0.15, 0.2) is 54.7 Å². The maximum absolute atomic E-state index is 14.1. The van der Waals surface area contributed by atoms with E-state index in [1.54, 1.807) is 31.4 Å². The number of hydrogen-bond donors (Lipinski definition) is 2. The van der Waals surface area contributed by atoms with Crippen molar-refractivity contribution in [3.63, 3.8) is 0 Å². The number of carbonyl (C=O) groups is 1. The molecule has 1 aromatic heterocycles. The molecule has 0 unspecified atom stereocenters. The second-order valence-corrected chi connectivity index (χ2v) is 6.80. The summed E-state index contributed by atoms with van der Waals surface area (Å²) in [6.07, 6.45) is 1.48. The first kappa shape index (κ1) is 22.9. The number of nitrogens with one attached hydrogen (secondary N) is 2. The normalized spacial score (nSPS) is 11.5. The zero-order valence-electron chi connectivity index (χ0n) is 17.8. The van der Waals surface area contributed by atoms with E-state index in [0.717, 1.165) is 6.07 Å². The van der Waals surface area contributed by atoms with Gasteiger partial charge in [0.15, 0.2) is 11.6 Å². The average Bonchev–Trinajstić information content (AvgIpc) is 2.78. The molecule has 0 radical (unpaired) electrons. The summed E-state index contributed by atoms with van der Waals surface area (Å²) in [6, 6.07) is 10.9. The van der Waals surface area contributed by atoms with Crippen LogP contribution in [0, 0.1) is 11.6 Å². The Bertz CT molecular complexity index is 1070. The summed E-state index contributed by atoms with van der Waals surface area (Å²) < 4.78 is 38.0. The van der Waals surface area contributed by atoms with Crippen LogP contribution in [0.1, 0.15) is 6.92 Å². The van der Waals surface area contributed by atoms with Gasteiger partial charge in [-0.1, -0.05) is 6.07 Å².